The fourth-order valence-corrected chi connectivity index (χ4v) is 4.93. The van der Waals surface area contributed by atoms with E-state index in [1.165, 1.54) is 24.3 Å². The second-order valence-corrected chi connectivity index (χ2v) is 11.1. The summed E-state index contributed by atoms with van der Waals surface area (Å²) in [6, 6.07) is 15.3. The minimum atomic E-state index is -4.28. The van der Waals surface area contributed by atoms with Crippen LogP contribution in [0.4, 0.5) is 5.69 Å². The molecule has 0 atom stereocenters. The van der Waals surface area contributed by atoms with Gasteiger partial charge in [0.15, 0.2) is 6.54 Å². The van der Waals surface area contributed by atoms with Crippen LogP contribution in [0, 0.1) is 0 Å². The highest BCUT2D eigenvalue weighted by Crippen LogP contribution is 2.29. The number of likely N-dealkylation sites (N-methyl/N-ethyl adjacent to an activating group) is 1. The van der Waals surface area contributed by atoms with E-state index in [1.54, 1.807) is 36.4 Å². The highest BCUT2D eigenvalue weighted by molar-refractivity contribution is 7.90. The largest absolute Gasteiger partial charge is 0.323 e. The Labute approximate surface area is 208 Å². The van der Waals surface area contributed by atoms with Gasteiger partial charge in [0.25, 0.3) is 33.7 Å². The van der Waals surface area contributed by atoms with Crippen molar-refractivity contribution in [3.8, 4) is 0 Å². The highest BCUT2D eigenvalue weighted by Gasteiger charge is 2.34. The van der Waals surface area contributed by atoms with Crippen LogP contribution in [0.5, 0.6) is 0 Å². The van der Waals surface area contributed by atoms with E-state index >= 15 is 0 Å². The number of carbonyl (C=O) groups is 4. The van der Waals surface area contributed by atoms with Gasteiger partial charge in [0.1, 0.15) is 6.54 Å². The Balaban J connectivity index is 1.46. The number of benzene rings is 3. The molecule has 3 aromatic rings. The molecule has 0 bridgehead atoms. The monoisotopic (exact) mass is 509 g/mol. The van der Waals surface area contributed by atoms with Crippen molar-refractivity contribution < 1.29 is 32.1 Å². The number of nitrogens with one attached hydrogen (secondary N) is 2. The molecule has 1 aliphatic heterocycles. The summed E-state index contributed by atoms with van der Waals surface area (Å²) in [5, 5.41) is 3.91. The molecule has 4 rings (SSSR count). The van der Waals surface area contributed by atoms with E-state index < -0.39 is 34.3 Å². The minimum Gasteiger partial charge on any atom is -0.323 e. The van der Waals surface area contributed by atoms with E-state index in [9.17, 15) is 27.6 Å². The molecule has 0 spiro atoms. The van der Waals surface area contributed by atoms with Crippen LogP contribution in [0.1, 0.15) is 20.7 Å². The maximum absolute atomic E-state index is 12.9. The molecule has 0 saturated heterocycles. The van der Waals surface area contributed by atoms with Crippen molar-refractivity contribution in [1.82, 2.24) is 9.62 Å². The fraction of sp³-hybridized carbons (Fsp3) is 0.200. The van der Waals surface area contributed by atoms with E-state index in [2.05, 4.69) is 5.32 Å². The summed E-state index contributed by atoms with van der Waals surface area (Å²) in [7, 11) is 1.30. The van der Waals surface area contributed by atoms with Crippen molar-refractivity contribution in [3.05, 3.63) is 71.8 Å². The lowest BCUT2D eigenvalue weighted by Gasteiger charge is -2.26. The Bertz CT molecular complexity index is 1460. The van der Waals surface area contributed by atoms with Crippen LogP contribution in [-0.4, -0.2) is 75.7 Å². The number of rotatable bonds is 7. The molecule has 36 heavy (non-hydrogen) atoms. The number of hydrogen-bond donors (Lipinski definition) is 2. The van der Waals surface area contributed by atoms with Crippen molar-refractivity contribution in [3.63, 3.8) is 0 Å². The number of anilines is 1. The van der Waals surface area contributed by atoms with Gasteiger partial charge < -0.3 is 9.80 Å². The molecule has 186 valence electrons. The van der Waals surface area contributed by atoms with Gasteiger partial charge in [-0.25, -0.2) is 13.1 Å². The summed E-state index contributed by atoms with van der Waals surface area (Å²) in [5.74, 6) is -2.63. The predicted molar refractivity (Wildman–Crippen MR) is 133 cm³/mol. The minimum absolute atomic E-state index is 0.216. The molecule has 3 aromatic carbocycles. The molecule has 11 heteroatoms. The Kier molecular flexibility index (Phi) is 6.37. The van der Waals surface area contributed by atoms with Gasteiger partial charge in [-0.15, -0.1) is 0 Å². The first-order valence-corrected chi connectivity index (χ1v) is 12.5. The van der Waals surface area contributed by atoms with Crippen LogP contribution >= 0.6 is 0 Å². The summed E-state index contributed by atoms with van der Waals surface area (Å²) in [6.07, 6.45) is 0. The highest BCUT2D eigenvalue weighted by atomic mass is 32.2. The summed E-state index contributed by atoms with van der Waals surface area (Å²) in [5.41, 5.74) is 0.929. The zero-order chi connectivity index (χ0) is 26.3. The summed E-state index contributed by atoms with van der Waals surface area (Å²) in [6.45, 7) is -0.538. The van der Waals surface area contributed by atoms with Crippen molar-refractivity contribution >= 4 is 50.1 Å². The number of quaternary nitrogens is 1. The lowest BCUT2D eigenvalue weighted by atomic mass is 9.94. The molecule has 10 nitrogen and oxygen atoms in total. The van der Waals surface area contributed by atoms with Crippen LogP contribution in [0.15, 0.2) is 65.6 Å². The predicted octanol–water partition coefficient (Wildman–Crippen LogP) is 1.59. The smallest absolute Gasteiger partial charge is 0.279 e. The standard InChI is InChI=1S/C25H24N4O6S/c1-29(2,3)15-22(31)26-17-10-12-18(13-11-17)36(34,35)27-21(30)14-28-24(32)19-8-4-6-16-7-5-9-20(23(16)19)25(28)33/h4-13H,14-15H2,1-3H3,(H-,26,27,30,31)/p+1. The number of carbonyl (C=O) groups excluding carboxylic acids is 4. The molecule has 0 fully saturated rings. The van der Waals surface area contributed by atoms with E-state index in [0.29, 0.717) is 15.6 Å². The lowest BCUT2D eigenvalue weighted by molar-refractivity contribution is -0.861. The molecule has 0 aromatic heterocycles. The number of nitrogens with zero attached hydrogens (tertiary/aromatic N) is 2. The molecule has 1 heterocycles. The molecule has 2 N–H and O–H groups in total. The van der Waals surface area contributed by atoms with Gasteiger partial charge in [0.2, 0.25) is 0 Å². The number of sulfonamides is 1. The Morgan fingerprint density at radius 1 is 0.833 bits per heavy atom. The molecule has 0 radical (unpaired) electrons. The van der Waals surface area contributed by atoms with Gasteiger partial charge in [0, 0.05) is 22.2 Å². The third-order valence-electron chi connectivity index (χ3n) is 5.47. The van der Waals surface area contributed by atoms with Crippen LogP contribution in [0.2, 0.25) is 0 Å². The van der Waals surface area contributed by atoms with E-state index in [4.69, 9.17) is 0 Å². The van der Waals surface area contributed by atoms with Crippen molar-refractivity contribution in [2.24, 2.45) is 0 Å². The third-order valence-corrected chi connectivity index (χ3v) is 6.86. The van der Waals surface area contributed by atoms with Gasteiger partial charge in [-0.3, -0.25) is 24.1 Å². The average molecular weight is 510 g/mol. The Morgan fingerprint density at radius 3 is 1.92 bits per heavy atom. The van der Waals surface area contributed by atoms with Gasteiger partial charge in [-0.1, -0.05) is 24.3 Å². The number of hydrogen-bond acceptors (Lipinski definition) is 6. The van der Waals surface area contributed by atoms with E-state index in [-0.39, 0.29) is 28.5 Å². The molecule has 4 amide bonds. The lowest BCUT2D eigenvalue weighted by Crippen LogP contribution is -2.47. The van der Waals surface area contributed by atoms with Gasteiger partial charge in [0.05, 0.1) is 26.0 Å². The molecule has 0 aliphatic carbocycles. The quantitative estimate of drug-likeness (QED) is 0.368. The number of imide groups is 1. The topological polar surface area (TPSA) is 130 Å². The molecule has 1 aliphatic rings. The van der Waals surface area contributed by atoms with Crippen molar-refractivity contribution in [2.45, 2.75) is 4.90 Å². The normalized spacial score (nSPS) is 13.6. The summed E-state index contributed by atoms with van der Waals surface area (Å²) < 4.78 is 27.7. The zero-order valence-electron chi connectivity index (χ0n) is 19.9. The third kappa shape index (κ3) is 5.11. The average Bonchev–Trinajstić information content (AvgIpc) is 2.79. The van der Waals surface area contributed by atoms with Crippen molar-refractivity contribution in [2.75, 3.05) is 39.5 Å². The van der Waals surface area contributed by atoms with Crippen LogP contribution in [-0.2, 0) is 19.6 Å². The first-order chi connectivity index (χ1) is 16.9. The first-order valence-electron chi connectivity index (χ1n) is 11.0. The first kappa shape index (κ1) is 25.0. The fourth-order valence-electron chi connectivity index (χ4n) is 3.96. The number of amides is 4. The molecular weight excluding hydrogens is 484 g/mol. The summed E-state index contributed by atoms with van der Waals surface area (Å²) in [4.78, 5) is 51.1. The van der Waals surface area contributed by atoms with Crippen LogP contribution in [0.25, 0.3) is 10.8 Å². The molecule has 0 saturated carbocycles. The SMILES string of the molecule is C[N+](C)(C)CC(=O)Nc1ccc(S(=O)(=O)NC(=O)CN2C(=O)c3cccc4cccc(c34)C2=O)cc1. The van der Waals surface area contributed by atoms with Gasteiger partial charge in [-0.05, 0) is 41.8 Å². The van der Waals surface area contributed by atoms with Gasteiger partial charge >= 0.3 is 0 Å². The van der Waals surface area contributed by atoms with E-state index in [0.717, 1.165) is 10.3 Å². The van der Waals surface area contributed by atoms with Gasteiger partial charge in [-0.2, -0.15) is 0 Å². The maximum Gasteiger partial charge on any atom is 0.279 e. The van der Waals surface area contributed by atoms with Crippen molar-refractivity contribution in [1.29, 1.82) is 0 Å². The molecule has 0 unspecified atom stereocenters. The second kappa shape index (κ2) is 9.17. The van der Waals surface area contributed by atoms with E-state index in [1.807, 2.05) is 25.9 Å². The van der Waals surface area contributed by atoms with Crippen LogP contribution < -0.4 is 10.0 Å². The summed E-state index contributed by atoms with van der Waals surface area (Å²) >= 11 is 0. The second-order valence-electron chi connectivity index (χ2n) is 9.46. The Morgan fingerprint density at radius 2 is 1.39 bits per heavy atom. The Hall–Kier alpha value is -4.09. The zero-order valence-corrected chi connectivity index (χ0v) is 20.8. The van der Waals surface area contributed by atoms with Crippen LogP contribution in [0.3, 0.4) is 0 Å². The molecular formula is C25H25N4O6S+. The maximum atomic E-state index is 12.9.